The first-order chi connectivity index (χ1) is 8.15. The van der Waals surface area contributed by atoms with Crippen LogP contribution in [-0.2, 0) is 0 Å². The van der Waals surface area contributed by atoms with E-state index in [2.05, 4.69) is 11.6 Å². The normalized spacial score (nSPS) is 11.4. The predicted octanol–water partition coefficient (Wildman–Crippen LogP) is 4.36. The molecule has 0 aliphatic heterocycles. The Morgan fingerprint density at radius 2 is 2.00 bits per heavy atom. The summed E-state index contributed by atoms with van der Waals surface area (Å²) < 4.78 is 6.16. The van der Waals surface area contributed by atoms with Crippen molar-refractivity contribution < 1.29 is 4.74 Å². The lowest BCUT2D eigenvalue weighted by Crippen LogP contribution is -1.88. The Kier molecular flexibility index (Phi) is 6.22. The van der Waals surface area contributed by atoms with Crippen molar-refractivity contribution in [1.82, 2.24) is 0 Å². The zero-order valence-corrected chi connectivity index (χ0v) is 12.0. The Hall–Kier alpha value is -0.870. The van der Waals surface area contributed by atoms with Crippen molar-refractivity contribution in [1.29, 1.82) is 0 Å². The van der Waals surface area contributed by atoms with Gasteiger partial charge in [0.15, 0.2) is 0 Å². The maximum Gasteiger partial charge on any atom is 0.130 e. The Balaban J connectivity index is 2.71. The molecule has 1 aromatic rings. The van der Waals surface area contributed by atoms with Gasteiger partial charge in [-0.2, -0.15) is 0 Å². The standard InChI is InChI=1S/C13H17NOS2/c1-10(2)9-17-13(16-4)14-11-5-7-12(15-3)8-6-11/h5-8H,1,9H2,2-4H3. The summed E-state index contributed by atoms with van der Waals surface area (Å²) in [6.07, 6.45) is 2.04. The molecule has 1 aromatic carbocycles. The van der Waals surface area contributed by atoms with Crippen molar-refractivity contribution in [3.63, 3.8) is 0 Å². The topological polar surface area (TPSA) is 21.6 Å². The summed E-state index contributed by atoms with van der Waals surface area (Å²) in [5, 5.41) is 0. The maximum absolute atomic E-state index is 5.11. The largest absolute Gasteiger partial charge is 0.497 e. The molecular formula is C13H17NOS2. The first-order valence-electron chi connectivity index (χ1n) is 5.19. The number of rotatable bonds is 4. The van der Waals surface area contributed by atoms with E-state index >= 15 is 0 Å². The maximum atomic E-state index is 5.11. The molecule has 17 heavy (non-hydrogen) atoms. The molecule has 0 heterocycles. The molecule has 0 radical (unpaired) electrons. The molecule has 0 saturated carbocycles. The molecular weight excluding hydrogens is 250 g/mol. The number of nitrogens with zero attached hydrogens (tertiary/aromatic N) is 1. The molecule has 0 bridgehead atoms. The van der Waals surface area contributed by atoms with Crippen LogP contribution < -0.4 is 4.74 Å². The molecule has 0 N–H and O–H groups in total. The minimum atomic E-state index is 0.851. The van der Waals surface area contributed by atoms with Crippen LogP contribution in [0.1, 0.15) is 6.92 Å². The number of aliphatic imine (C=N–C) groups is 1. The van der Waals surface area contributed by atoms with Crippen molar-refractivity contribution in [2.24, 2.45) is 4.99 Å². The van der Waals surface area contributed by atoms with E-state index in [4.69, 9.17) is 4.74 Å². The van der Waals surface area contributed by atoms with Gasteiger partial charge in [0.25, 0.3) is 0 Å². The fraction of sp³-hybridized carbons (Fsp3) is 0.308. The van der Waals surface area contributed by atoms with Gasteiger partial charge < -0.3 is 4.74 Å². The number of hydrogen-bond acceptors (Lipinski definition) is 4. The molecule has 4 heteroatoms. The van der Waals surface area contributed by atoms with E-state index in [1.165, 1.54) is 0 Å². The van der Waals surface area contributed by atoms with Crippen molar-refractivity contribution >= 4 is 33.6 Å². The highest BCUT2D eigenvalue weighted by atomic mass is 32.2. The molecule has 0 amide bonds. The van der Waals surface area contributed by atoms with Crippen molar-refractivity contribution in [3.05, 3.63) is 36.4 Å². The van der Waals surface area contributed by atoms with E-state index in [0.29, 0.717) is 0 Å². The van der Waals surface area contributed by atoms with E-state index in [0.717, 1.165) is 27.1 Å². The van der Waals surface area contributed by atoms with Crippen LogP contribution in [-0.4, -0.2) is 23.5 Å². The van der Waals surface area contributed by atoms with Crippen molar-refractivity contribution in [2.75, 3.05) is 19.1 Å². The predicted molar refractivity (Wildman–Crippen MR) is 80.9 cm³/mol. The van der Waals surface area contributed by atoms with Gasteiger partial charge in [-0.25, -0.2) is 4.99 Å². The van der Waals surface area contributed by atoms with Gasteiger partial charge >= 0.3 is 0 Å². The molecule has 2 nitrogen and oxygen atoms in total. The molecule has 1 rings (SSSR count). The Bertz CT molecular complexity index is 398. The second-order valence-corrected chi connectivity index (χ2v) is 5.54. The van der Waals surface area contributed by atoms with Crippen LogP contribution in [0.25, 0.3) is 0 Å². The lowest BCUT2D eigenvalue weighted by molar-refractivity contribution is 0.415. The highest BCUT2D eigenvalue weighted by Gasteiger charge is 2.00. The zero-order valence-electron chi connectivity index (χ0n) is 10.4. The van der Waals surface area contributed by atoms with Crippen molar-refractivity contribution in [2.45, 2.75) is 6.92 Å². The summed E-state index contributed by atoms with van der Waals surface area (Å²) in [5.74, 6) is 1.76. The lowest BCUT2D eigenvalue weighted by Gasteiger charge is -2.03. The molecule has 0 unspecified atom stereocenters. The van der Waals surface area contributed by atoms with Crippen LogP contribution in [0.5, 0.6) is 5.75 Å². The third-order valence-electron chi connectivity index (χ3n) is 1.91. The summed E-state index contributed by atoms with van der Waals surface area (Å²) in [6.45, 7) is 5.92. The highest BCUT2D eigenvalue weighted by molar-refractivity contribution is 8.38. The van der Waals surface area contributed by atoms with Crippen molar-refractivity contribution in [3.8, 4) is 5.75 Å². The van der Waals surface area contributed by atoms with E-state index in [1.807, 2.05) is 37.4 Å². The van der Waals surface area contributed by atoms with E-state index in [-0.39, 0.29) is 0 Å². The molecule has 0 aliphatic rings. The minimum Gasteiger partial charge on any atom is -0.497 e. The average Bonchev–Trinajstić information content (AvgIpc) is 2.35. The van der Waals surface area contributed by atoms with Gasteiger partial charge in [0.05, 0.1) is 12.8 Å². The summed E-state index contributed by atoms with van der Waals surface area (Å²) in [7, 11) is 1.66. The van der Waals surface area contributed by atoms with Gasteiger partial charge in [-0.1, -0.05) is 23.9 Å². The Morgan fingerprint density at radius 1 is 1.35 bits per heavy atom. The first kappa shape index (κ1) is 14.2. The monoisotopic (exact) mass is 267 g/mol. The Morgan fingerprint density at radius 3 is 2.47 bits per heavy atom. The SMILES string of the molecule is C=C(C)CSC(=Nc1ccc(OC)cc1)SC. The summed E-state index contributed by atoms with van der Waals surface area (Å²) >= 11 is 3.37. The van der Waals surface area contributed by atoms with E-state index in [1.54, 1.807) is 30.6 Å². The molecule has 0 aliphatic carbocycles. The summed E-state index contributed by atoms with van der Waals surface area (Å²) in [5.41, 5.74) is 2.11. The summed E-state index contributed by atoms with van der Waals surface area (Å²) in [4.78, 5) is 4.57. The number of thioether (sulfide) groups is 2. The molecule has 0 fully saturated rings. The summed E-state index contributed by atoms with van der Waals surface area (Å²) in [6, 6.07) is 7.74. The number of ether oxygens (including phenoxy) is 1. The van der Waals surface area contributed by atoms with Crippen LogP contribution in [0.15, 0.2) is 41.4 Å². The van der Waals surface area contributed by atoms with Crippen LogP contribution in [0.2, 0.25) is 0 Å². The molecule has 0 saturated heterocycles. The van der Waals surface area contributed by atoms with Crippen LogP contribution in [0.3, 0.4) is 0 Å². The number of benzene rings is 1. The highest BCUT2D eigenvalue weighted by Crippen LogP contribution is 2.24. The van der Waals surface area contributed by atoms with Crippen LogP contribution in [0, 0.1) is 0 Å². The fourth-order valence-corrected chi connectivity index (χ4v) is 2.47. The van der Waals surface area contributed by atoms with Gasteiger partial charge in [0.1, 0.15) is 10.1 Å². The number of methoxy groups -OCH3 is 1. The third-order valence-corrected chi connectivity index (χ3v) is 4.18. The van der Waals surface area contributed by atoms with Crippen LogP contribution >= 0.6 is 23.5 Å². The molecule has 92 valence electrons. The molecule has 0 spiro atoms. The van der Waals surface area contributed by atoms with Gasteiger partial charge in [0.2, 0.25) is 0 Å². The first-order valence-corrected chi connectivity index (χ1v) is 7.40. The zero-order chi connectivity index (χ0) is 12.7. The number of hydrogen-bond donors (Lipinski definition) is 0. The van der Waals surface area contributed by atoms with E-state index in [9.17, 15) is 0 Å². The lowest BCUT2D eigenvalue weighted by atomic mass is 10.3. The fourth-order valence-electron chi connectivity index (χ4n) is 1.08. The molecule has 0 atom stereocenters. The van der Waals surface area contributed by atoms with E-state index < -0.39 is 0 Å². The minimum absolute atomic E-state index is 0.851. The van der Waals surface area contributed by atoms with Gasteiger partial charge in [-0.15, -0.1) is 11.8 Å². The van der Waals surface area contributed by atoms with Crippen LogP contribution in [0.4, 0.5) is 5.69 Å². The second kappa shape index (κ2) is 7.45. The van der Waals surface area contributed by atoms with Gasteiger partial charge in [-0.3, -0.25) is 0 Å². The van der Waals surface area contributed by atoms with Gasteiger partial charge in [0, 0.05) is 5.75 Å². The van der Waals surface area contributed by atoms with Gasteiger partial charge in [-0.05, 0) is 37.4 Å². The second-order valence-electron chi connectivity index (χ2n) is 3.53. The average molecular weight is 267 g/mol. The Labute approximate surface area is 112 Å². The quantitative estimate of drug-likeness (QED) is 0.460. The molecule has 0 aromatic heterocycles. The smallest absolute Gasteiger partial charge is 0.130 e. The third kappa shape index (κ3) is 5.33.